The zero-order chi connectivity index (χ0) is 15.2. The molecule has 1 atom stereocenters. The Morgan fingerprint density at radius 3 is 2.76 bits per heavy atom. The summed E-state index contributed by atoms with van der Waals surface area (Å²) in [6.07, 6.45) is 5.09. The van der Waals surface area contributed by atoms with Gasteiger partial charge in [0.25, 0.3) is 0 Å². The predicted molar refractivity (Wildman–Crippen MR) is 82.5 cm³/mol. The van der Waals surface area contributed by atoms with Gasteiger partial charge in [-0.15, -0.1) is 6.58 Å². The molecule has 0 radical (unpaired) electrons. The first kappa shape index (κ1) is 15.0. The minimum absolute atomic E-state index is 0.0391. The van der Waals surface area contributed by atoms with Crippen LogP contribution in [0, 0.1) is 0 Å². The van der Waals surface area contributed by atoms with Crippen LogP contribution in [-0.4, -0.2) is 17.9 Å². The Morgan fingerprint density at radius 1 is 1.38 bits per heavy atom. The summed E-state index contributed by atoms with van der Waals surface area (Å²) in [6.45, 7) is 5.47. The molecule has 0 saturated heterocycles. The van der Waals surface area contributed by atoms with Gasteiger partial charge in [0.05, 0.1) is 6.42 Å². The van der Waals surface area contributed by atoms with E-state index in [1.807, 2.05) is 37.3 Å². The van der Waals surface area contributed by atoms with E-state index in [0.717, 1.165) is 16.7 Å². The molecular formula is C18H18O3. The minimum atomic E-state index is -0.444. The van der Waals surface area contributed by atoms with E-state index in [2.05, 4.69) is 6.58 Å². The molecule has 0 fully saturated rings. The largest absolute Gasteiger partial charge is 0.454 e. The molecule has 0 aromatic heterocycles. The van der Waals surface area contributed by atoms with Gasteiger partial charge >= 0.3 is 5.97 Å². The van der Waals surface area contributed by atoms with E-state index in [9.17, 15) is 9.59 Å². The summed E-state index contributed by atoms with van der Waals surface area (Å²) in [7, 11) is 0. The number of allylic oxidation sites excluding steroid dienone is 2. The van der Waals surface area contributed by atoms with E-state index in [-0.39, 0.29) is 12.2 Å². The molecule has 1 aromatic carbocycles. The average Bonchev–Trinajstić information content (AvgIpc) is 2.74. The van der Waals surface area contributed by atoms with Gasteiger partial charge in [0.15, 0.2) is 5.78 Å². The van der Waals surface area contributed by atoms with Crippen LogP contribution in [0.1, 0.15) is 25.3 Å². The summed E-state index contributed by atoms with van der Waals surface area (Å²) < 4.78 is 5.35. The number of carbonyl (C=O) groups is 2. The smallest absolute Gasteiger partial charge is 0.331 e. The van der Waals surface area contributed by atoms with Crippen LogP contribution in [0.4, 0.5) is 0 Å². The molecule has 0 bridgehead atoms. The molecule has 108 valence electrons. The van der Waals surface area contributed by atoms with Gasteiger partial charge in [-0.05, 0) is 30.6 Å². The van der Waals surface area contributed by atoms with E-state index < -0.39 is 12.1 Å². The van der Waals surface area contributed by atoms with Crippen LogP contribution >= 0.6 is 0 Å². The summed E-state index contributed by atoms with van der Waals surface area (Å²) >= 11 is 0. The van der Waals surface area contributed by atoms with Crippen molar-refractivity contribution in [2.75, 3.05) is 0 Å². The lowest BCUT2D eigenvalue weighted by molar-refractivity contribution is -0.141. The molecule has 0 heterocycles. The van der Waals surface area contributed by atoms with Crippen molar-refractivity contribution in [3.05, 3.63) is 65.8 Å². The zero-order valence-corrected chi connectivity index (χ0v) is 12.0. The second-order valence-corrected chi connectivity index (χ2v) is 4.95. The Labute approximate surface area is 124 Å². The summed E-state index contributed by atoms with van der Waals surface area (Å²) in [5, 5.41) is 0. The van der Waals surface area contributed by atoms with Crippen LogP contribution in [0.3, 0.4) is 0 Å². The Bertz CT molecular complexity index is 609. The standard InChI is InChI=1S/C18H18O3/c1-3-7-15-13(2)17(12-16(15)19)21-18(20)11-10-14-8-5-4-6-9-14/h3-6,8-11,17H,1,7,12H2,2H3/b11-10-/t17-/m1/s1. The van der Waals surface area contributed by atoms with Crippen molar-refractivity contribution in [2.24, 2.45) is 0 Å². The average molecular weight is 282 g/mol. The fraction of sp³-hybridized carbons (Fsp3) is 0.222. The molecule has 1 aliphatic rings. The second-order valence-electron chi connectivity index (χ2n) is 4.95. The lowest BCUT2D eigenvalue weighted by Crippen LogP contribution is -2.16. The Balaban J connectivity index is 1.99. The lowest BCUT2D eigenvalue weighted by atomic mass is 10.1. The van der Waals surface area contributed by atoms with Crippen molar-refractivity contribution >= 4 is 17.8 Å². The maximum absolute atomic E-state index is 11.8. The highest BCUT2D eigenvalue weighted by Gasteiger charge is 2.30. The fourth-order valence-electron chi connectivity index (χ4n) is 2.32. The van der Waals surface area contributed by atoms with Crippen molar-refractivity contribution < 1.29 is 14.3 Å². The third-order valence-corrected chi connectivity index (χ3v) is 3.48. The molecule has 0 saturated carbocycles. The number of carbonyl (C=O) groups excluding carboxylic acids is 2. The molecule has 1 aliphatic carbocycles. The highest BCUT2D eigenvalue weighted by Crippen LogP contribution is 2.28. The van der Waals surface area contributed by atoms with Gasteiger partial charge in [0, 0.05) is 11.6 Å². The van der Waals surface area contributed by atoms with E-state index in [1.165, 1.54) is 6.08 Å². The highest BCUT2D eigenvalue weighted by molar-refractivity contribution is 6.00. The molecule has 1 aromatic rings. The second kappa shape index (κ2) is 6.84. The maximum atomic E-state index is 11.8. The molecule has 3 nitrogen and oxygen atoms in total. The third-order valence-electron chi connectivity index (χ3n) is 3.48. The molecule has 3 heteroatoms. The van der Waals surface area contributed by atoms with Crippen LogP contribution < -0.4 is 0 Å². The topological polar surface area (TPSA) is 43.4 Å². The number of esters is 1. The van der Waals surface area contributed by atoms with Crippen LogP contribution in [0.5, 0.6) is 0 Å². The van der Waals surface area contributed by atoms with Gasteiger partial charge in [-0.1, -0.05) is 36.4 Å². The first-order valence-corrected chi connectivity index (χ1v) is 6.89. The van der Waals surface area contributed by atoms with E-state index in [4.69, 9.17) is 4.74 Å². The van der Waals surface area contributed by atoms with Crippen LogP contribution in [-0.2, 0) is 14.3 Å². The van der Waals surface area contributed by atoms with Gasteiger partial charge in [-0.3, -0.25) is 4.79 Å². The fourth-order valence-corrected chi connectivity index (χ4v) is 2.32. The first-order valence-electron chi connectivity index (χ1n) is 6.89. The molecular weight excluding hydrogens is 264 g/mol. The zero-order valence-electron chi connectivity index (χ0n) is 12.0. The van der Waals surface area contributed by atoms with Crippen molar-refractivity contribution in [3.63, 3.8) is 0 Å². The van der Waals surface area contributed by atoms with Crippen molar-refractivity contribution in [3.8, 4) is 0 Å². The molecule has 2 rings (SSSR count). The predicted octanol–water partition coefficient (Wildman–Crippen LogP) is 3.48. The number of benzene rings is 1. The summed E-state index contributed by atoms with van der Waals surface area (Å²) in [6, 6.07) is 9.51. The Morgan fingerprint density at radius 2 is 2.10 bits per heavy atom. The quantitative estimate of drug-likeness (QED) is 0.472. The molecule has 0 N–H and O–H groups in total. The monoisotopic (exact) mass is 282 g/mol. The normalized spacial score (nSPS) is 18.3. The molecule has 0 unspecified atom stereocenters. The number of hydrogen-bond acceptors (Lipinski definition) is 3. The van der Waals surface area contributed by atoms with Gasteiger partial charge in [0.1, 0.15) is 6.10 Å². The van der Waals surface area contributed by atoms with Crippen molar-refractivity contribution in [1.29, 1.82) is 0 Å². The number of ketones is 1. The Kier molecular flexibility index (Phi) is 4.88. The molecule has 0 amide bonds. The van der Waals surface area contributed by atoms with E-state index >= 15 is 0 Å². The summed E-state index contributed by atoms with van der Waals surface area (Å²) in [5.74, 6) is -0.395. The number of ether oxygens (including phenoxy) is 1. The molecule has 21 heavy (non-hydrogen) atoms. The van der Waals surface area contributed by atoms with Gasteiger partial charge < -0.3 is 4.74 Å². The highest BCUT2D eigenvalue weighted by atomic mass is 16.5. The van der Waals surface area contributed by atoms with Crippen LogP contribution in [0.2, 0.25) is 0 Å². The Hall–Kier alpha value is -2.42. The first-order chi connectivity index (χ1) is 10.1. The SMILES string of the molecule is C=CCC1=C(C)[C@H](OC(=O)/C=C\c2ccccc2)CC1=O. The number of hydrogen-bond donors (Lipinski definition) is 0. The van der Waals surface area contributed by atoms with Crippen molar-refractivity contribution in [1.82, 2.24) is 0 Å². The van der Waals surface area contributed by atoms with E-state index in [1.54, 1.807) is 12.2 Å². The maximum Gasteiger partial charge on any atom is 0.331 e. The minimum Gasteiger partial charge on any atom is -0.454 e. The molecule has 0 aliphatic heterocycles. The number of Topliss-reactive ketones (excluding diaryl/α,β-unsaturated/α-hetero) is 1. The van der Waals surface area contributed by atoms with Crippen LogP contribution in [0.25, 0.3) is 6.08 Å². The van der Waals surface area contributed by atoms with Crippen LogP contribution in [0.15, 0.2) is 60.2 Å². The lowest BCUT2D eigenvalue weighted by Gasteiger charge is -2.11. The third kappa shape index (κ3) is 3.78. The van der Waals surface area contributed by atoms with E-state index in [0.29, 0.717) is 6.42 Å². The van der Waals surface area contributed by atoms with Gasteiger partial charge in [-0.25, -0.2) is 4.79 Å². The van der Waals surface area contributed by atoms with Crippen molar-refractivity contribution in [2.45, 2.75) is 25.9 Å². The summed E-state index contributed by atoms with van der Waals surface area (Å²) in [4.78, 5) is 23.7. The van der Waals surface area contributed by atoms with Gasteiger partial charge in [0.2, 0.25) is 0 Å². The number of rotatable bonds is 5. The van der Waals surface area contributed by atoms with Gasteiger partial charge in [-0.2, -0.15) is 0 Å². The summed E-state index contributed by atoms with van der Waals surface area (Å²) in [5.41, 5.74) is 2.48. The molecule has 0 spiro atoms.